The van der Waals surface area contributed by atoms with E-state index in [4.69, 9.17) is 0 Å². The van der Waals surface area contributed by atoms with Crippen LogP contribution < -0.4 is 10.6 Å². The molecule has 28 heavy (non-hydrogen) atoms. The van der Waals surface area contributed by atoms with Crippen LogP contribution in [-0.4, -0.2) is 42.9 Å². The first-order valence-electron chi connectivity index (χ1n) is 10.0. The van der Waals surface area contributed by atoms with Crippen LogP contribution in [0.4, 0.5) is 5.69 Å². The molecule has 2 aromatic rings. The quantitative estimate of drug-likeness (QED) is 0.759. The van der Waals surface area contributed by atoms with Crippen molar-refractivity contribution in [2.75, 3.05) is 31.5 Å². The number of rotatable bonds is 6. The van der Waals surface area contributed by atoms with E-state index < -0.39 is 11.8 Å². The summed E-state index contributed by atoms with van der Waals surface area (Å²) >= 11 is 0. The van der Waals surface area contributed by atoms with Crippen LogP contribution in [0.25, 0.3) is 0 Å². The Labute approximate surface area is 167 Å². The van der Waals surface area contributed by atoms with Gasteiger partial charge in [-0.15, -0.1) is 0 Å². The predicted molar refractivity (Wildman–Crippen MR) is 112 cm³/mol. The lowest BCUT2D eigenvalue weighted by Gasteiger charge is -2.32. The van der Waals surface area contributed by atoms with Crippen LogP contribution in [0, 0.1) is 12.8 Å². The molecule has 1 heterocycles. The molecule has 0 bridgehead atoms. The van der Waals surface area contributed by atoms with Gasteiger partial charge in [-0.3, -0.25) is 9.59 Å². The van der Waals surface area contributed by atoms with Crippen molar-refractivity contribution in [1.82, 2.24) is 10.2 Å². The minimum absolute atomic E-state index is 0.434. The zero-order chi connectivity index (χ0) is 19.8. The summed E-state index contributed by atoms with van der Waals surface area (Å²) in [5.41, 5.74) is 3.06. The topological polar surface area (TPSA) is 61.4 Å². The van der Waals surface area contributed by atoms with E-state index in [1.54, 1.807) is 6.07 Å². The van der Waals surface area contributed by atoms with E-state index in [0.717, 1.165) is 44.5 Å². The van der Waals surface area contributed by atoms with Crippen molar-refractivity contribution in [1.29, 1.82) is 0 Å². The molecule has 0 saturated carbocycles. The molecule has 0 atom stereocenters. The molecule has 0 aliphatic carbocycles. The second kappa shape index (κ2) is 10.0. The Bertz CT molecular complexity index is 783. The smallest absolute Gasteiger partial charge is 0.313 e. The lowest BCUT2D eigenvalue weighted by molar-refractivity contribution is -0.136. The van der Waals surface area contributed by atoms with Crippen LogP contribution in [0.5, 0.6) is 0 Å². The minimum Gasteiger partial charge on any atom is -0.348 e. The van der Waals surface area contributed by atoms with Crippen LogP contribution >= 0.6 is 0 Å². The molecule has 2 amide bonds. The predicted octanol–water partition coefficient (Wildman–Crippen LogP) is 3.00. The van der Waals surface area contributed by atoms with Gasteiger partial charge in [0.15, 0.2) is 0 Å². The zero-order valence-corrected chi connectivity index (χ0v) is 16.5. The summed E-state index contributed by atoms with van der Waals surface area (Å²) in [6.45, 7) is 5.67. The minimum atomic E-state index is -0.606. The lowest BCUT2D eigenvalue weighted by atomic mass is 9.96. The number of benzene rings is 2. The number of nitrogens with one attached hydrogen (secondary N) is 2. The maximum absolute atomic E-state index is 12.1. The van der Waals surface area contributed by atoms with Gasteiger partial charge in [0.05, 0.1) is 0 Å². The highest BCUT2D eigenvalue weighted by Gasteiger charge is 2.21. The Hall–Kier alpha value is -2.66. The van der Waals surface area contributed by atoms with Crippen molar-refractivity contribution in [2.24, 2.45) is 5.92 Å². The number of hydrogen-bond acceptors (Lipinski definition) is 3. The van der Waals surface area contributed by atoms with Gasteiger partial charge >= 0.3 is 11.8 Å². The van der Waals surface area contributed by atoms with Gasteiger partial charge in [0.25, 0.3) is 0 Å². The van der Waals surface area contributed by atoms with Gasteiger partial charge in [-0.25, -0.2) is 0 Å². The van der Waals surface area contributed by atoms with Crippen LogP contribution in [-0.2, 0) is 16.0 Å². The molecule has 0 radical (unpaired) electrons. The SMILES string of the molecule is Cc1cccc(NC(=O)C(=O)NCC2CCN(CCc3ccccc3)CC2)c1. The number of hydrogen-bond donors (Lipinski definition) is 2. The van der Waals surface area contributed by atoms with Crippen molar-refractivity contribution >= 4 is 17.5 Å². The molecule has 1 aliphatic rings. The molecular formula is C23H29N3O2. The summed E-state index contributed by atoms with van der Waals surface area (Å²) in [6.07, 6.45) is 3.17. The fraction of sp³-hybridized carbons (Fsp3) is 0.391. The maximum Gasteiger partial charge on any atom is 0.313 e. The Morgan fingerprint density at radius 1 is 1.00 bits per heavy atom. The van der Waals surface area contributed by atoms with E-state index in [1.807, 2.05) is 31.2 Å². The molecule has 1 aliphatic heterocycles. The monoisotopic (exact) mass is 379 g/mol. The molecule has 0 spiro atoms. The summed E-state index contributed by atoms with van der Waals surface area (Å²) in [7, 11) is 0. The highest BCUT2D eigenvalue weighted by atomic mass is 16.2. The summed E-state index contributed by atoms with van der Waals surface area (Å²) < 4.78 is 0. The van der Waals surface area contributed by atoms with Crippen molar-refractivity contribution in [3.8, 4) is 0 Å². The van der Waals surface area contributed by atoms with Crippen molar-refractivity contribution in [2.45, 2.75) is 26.2 Å². The number of amides is 2. The van der Waals surface area contributed by atoms with Crippen molar-refractivity contribution in [3.63, 3.8) is 0 Å². The summed E-state index contributed by atoms with van der Waals surface area (Å²) in [4.78, 5) is 26.6. The van der Waals surface area contributed by atoms with Gasteiger partial charge in [0, 0.05) is 18.8 Å². The maximum atomic E-state index is 12.1. The number of aryl methyl sites for hydroxylation is 1. The van der Waals surface area contributed by atoms with Crippen molar-refractivity contribution in [3.05, 3.63) is 65.7 Å². The standard InChI is InChI=1S/C23H29N3O2/c1-18-6-5-9-21(16-18)25-23(28)22(27)24-17-20-11-14-26(15-12-20)13-10-19-7-3-2-4-8-19/h2-9,16,20H,10-15,17H2,1H3,(H,24,27)(H,25,28). The highest BCUT2D eigenvalue weighted by Crippen LogP contribution is 2.17. The third-order valence-electron chi connectivity index (χ3n) is 5.30. The van der Waals surface area contributed by atoms with E-state index in [-0.39, 0.29) is 0 Å². The molecule has 5 nitrogen and oxygen atoms in total. The van der Waals surface area contributed by atoms with Gasteiger partial charge in [0.1, 0.15) is 0 Å². The van der Waals surface area contributed by atoms with Gasteiger partial charge < -0.3 is 15.5 Å². The van der Waals surface area contributed by atoms with E-state index in [0.29, 0.717) is 18.2 Å². The molecule has 0 unspecified atom stereocenters. The fourth-order valence-electron chi connectivity index (χ4n) is 3.57. The molecule has 3 rings (SSSR count). The molecule has 5 heteroatoms. The largest absolute Gasteiger partial charge is 0.348 e. The Kier molecular flexibility index (Phi) is 7.20. The first-order chi connectivity index (χ1) is 13.6. The second-order valence-electron chi connectivity index (χ2n) is 7.55. The van der Waals surface area contributed by atoms with Gasteiger partial charge in [-0.2, -0.15) is 0 Å². The molecule has 1 saturated heterocycles. The average Bonchev–Trinajstić information content (AvgIpc) is 2.72. The van der Waals surface area contributed by atoms with Crippen LogP contribution in [0.15, 0.2) is 54.6 Å². The number of carbonyl (C=O) groups is 2. The summed E-state index contributed by atoms with van der Waals surface area (Å²) in [5, 5.41) is 5.44. The highest BCUT2D eigenvalue weighted by molar-refractivity contribution is 6.39. The average molecular weight is 380 g/mol. The number of nitrogens with zero attached hydrogens (tertiary/aromatic N) is 1. The lowest BCUT2D eigenvalue weighted by Crippen LogP contribution is -2.42. The third-order valence-corrected chi connectivity index (χ3v) is 5.30. The Morgan fingerprint density at radius 2 is 1.75 bits per heavy atom. The molecule has 2 aromatic carbocycles. The van der Waals surface area contributed by atoms with E-state index in [2.05, 4.69) is 39.8 Å². The number of piperidine rings is 1. The first kappa shape index (κ1) is 20.1. The Balaban J connectivity index is 1.34. The fourth-order valence-corrected chi connectivity index (χ4v) is 3.57. The van der Waals surface area contributed by atoms with Crippen LogP contribution in [0.1, 0.15) is 24.0 Å². The molecule has 148 valence electrons. The van der Waals surface area contributed by atoms with Gasteiger partial charge in [0.2, 0.25) is 0 Å². The number of likely N-dealkylation sites (tertiary alicyclic amines) is 1. The number of carbonyl (C=O) groups excluding carboxylic acids is 2. The molecule has 1 fully saturated rings. The third kappa shape index (κ3) is 6.20. The molecule has 0 aromatic heterocycles. The summed E-state index contributed by atoms with van der Waals surface area (Å²) in [5.74, 6) is -0.734. The van der Waals surface area contributed by atoms with Crippen molar-refractivity contribution < 1.29 is 9.59 Å². The number of anilines is 1. The van der Waals surface area contributed by atoms with E-state index in [9.17, 15) is 9.59 Å². The first-order valence-corrected chi connectivity index (χ1v) is 10.0. The van der Waals surface area contributed by atoms with Gasteiger partial charge in [-0.1, -0.05) is 42.5 Å². The summed E-state index contributed by atoms with van der Waals surface area (Å²) in [6, 6.07) is 18.0. The zero-order valence-electron chi connectivity index (χ0n) is 16.5. The normalized spacial score (nSPS) is 15.2. The van der Waals surface area contributed by atoms with E-state index >= 15 is 0 Å². The molecule has 2 N–H and O–H groups in total. The van der Waals surface area contributed by atoms with Crippen LogP contribution in [0.3, 0.4) is 0 Å². The van der Waals surface area contributed by atoms with Crippen LogP contribution in [0.2, 0.25) is 0 Å². The van der Waals surface area contributed by atoms with Gasteiger partial charge in [-0.05, 0) is 68.5 Å². The Morgan fingerprint density at radius 3 is 2.46 bits per heavy atom. The molecular weight excluding hydrogens is 350 g/mol. The second-order valence-corrected chi connectivity index (χ2v) is 7.55. The van der Waals surface area contributed by atoms with E-state index in [1.165, 1.54) is 5.56 Å².